The molecule has 3 aromatic heterocycles. The number of rotatable bonds is 8. The summed E-state index contributed by atoms with van der Waals surface area (Å²) in [6.45, 7) is 0. The zero-order chi connectivity index (χ0) is 46.4. The van der Waals surface area contributed by atoms with E-state index in [0.29, 0.717) is 0 Å². The Hall–Kier alpha value is -6.39. The van der Waals surface area contributed by atoms with E-state index in [-0.39, 0.29) is 18.1 Å². The van der Waals surface area contributed by atoms with Gasteiger partial charge < -0.3 is 9.97 Å². The fourth-order valence-corrected chi connectivity index (χ4v) is 13.9. The molecule has 2 aliphatic rings. The van der Waals surface area contributed by atoms with E-state index in [1.165, 1.54) is 48.5 Å². The summed E-state index contributed by atoms with van der Waals surface area (Å²) < 4.78 is 136. The molecule has 0 amide bonds. The Morgan fingerprint density at radius 1 is 0.338 bits per heavy atom. The molecule has 0 aliphatic carbocycles. The van der Waals surface area contributed by atoms with Crippen molar-refractivity contribution in [2.45, 2.75) is 19.6 Å². The van der Waals surface area contributed by atoms with Gasteiger partial charge in [0.05, 0.1) is 22.8 Å². The molecule has 5 heterocycles. The molecule has 8 bridgehead atoms. The molecule has 0 spiro atoms. The molecular weight excluding hydrogens is 963 g/mol. The summed E-state index contributed by atoms with van der Waals surface area (Å²) in [7, 11) is -19.3. The minimum atomic E-state index is -4.82. The molecule has 16 nitrogen and oxygen atoms in total. The summed E-state index contributed by atoms with van der Waals surface area (Å²) in [6.07, 6.45) is 8.09. The first kappa shape index (κ1) is 45.2. The van der Waals surface area contributed by atoms with Crippen LogP contribution >= 0.6 is 0 Å². The van der Waals surface area contributed by atoms with Crippen molar-refractivity contribution in [2.75, 3.05) is 0 Å². The number of aromatic nitrogens is 4. The quantitative estimate of drug-likeness (QED) is 0.0856. The van der Waals surface area contributed by atoms with E-state index >= 15 is 0 Å². The van der Waals surface area contributed by atoms with E-state index in [0.717, 1.165) is 93.4 Å². The minimum absolute atomic E-state index is 0.0383. The Morgan fingerprint density at radius 3 is 0.785 bits per heavy atom. The zero-order valence-corrected chi connectivity index (χ0v) is 37.3. The number of H-pyrrole nitrogens is 2. The van der Waals surface area contributed by atoms with Crippen LogP contribution in [0.5, 0.6) is 0 Å². The van der Waals surface area contributed by atoms with Crippen LogP contribution in [0.4, 0.5) is 0 Å². The van der Waals surface area contributed by atoms with Gasteiger partial charge in [0.2, 0.25) is 0 Å². The summed E-state index contributed by atoms with van der Waals surface area (Å²) in [5.41, 5.74) is 7.86. The molecule has 0 saturated carbocycles. The van der Waals surface area contributed by atoms with E-state index < -0.39 is 72.4 Å². The fraction of sp³-hybridized carbons (Fsp3) is 0. The van der Waals surface area contributed by atoms with Crippen LogP contribution in [0, 0.1) is 0 Å². The average molecular weight is 998 g/mol. The first-order valence-electron chi connectivity index (χ1n) is 18.6. The van der Waals surface area contributed by atoms with Gasteiger partial charge in [-0.1, -0.05) is 0 Å². The van der Waals surface area contributed by atoms with Crippen LogP contribution in [0.25, 0.3) is 46.4 Å². The third-order valence-electron chi connectivity index (χ3n) is 9.44. The van der Waals surface area contributed by atoms with Gasteiger partial charge >= 0.3 is 240 Å². The van der Waals surface area contributed by atoms with E-state index in [2.05, 4.69) is 44.2 Å². The van der Waals surface area contributed by atoms with Crippen LogP contribution in [-0.4, -0.2) is 71.8 Å². The molecule has 0 radical (unpaired) electrons. The zero-order valence-electron chi connectivity index (χ0n) is 33.1. The maximum absolute atomic E-state index is 12.1. The van der Waals surface area contributed by atoms with Crippen LogP contribution in [0.1, 0.15) is 22.8 Å². The van der Waals surface area contributed by atoms with Crippen LogP contribution < -0.4 is 18.1 Å². The van der Waals surface area contributed by atoms with Crippen molar-refractivity contribution in [1.29, 1.82) is 0 Å². The Balaban J connectivity index is 0.000000201. The average Bonchev–Trinajstić information content (AvgIpc) is 4.08. The predicted octanol–water partition coefficient (Wildman–Crippen LogP) is 5.08. The first-order valence-corrected chi connectivity index (χ1v) is 26.4. The Morgan fingerprint density at radius 2 is 0.569 bits per heavy atom. The van der Waals surface area contributed by atoms with Crippen LogP contribution in [-0.2, 0) is 52.9 Å². The van der Waals surface area contributed by atoms with Crippen molar-refractivity contribution < 1.29 is 64.3 Å². The molecule has 0 fully saturated rings. The summed E-state index contributed by atoms with van der Waals surface area (Å²) in [6, 6.07) is 35.3. The van der Waals surface area contributed by atoms with Gasteiger partial charge in [-0.05, 0) is 72.8 Å². The van der Waals surface area contributed by atoms with Crippen LogP contribution in [0.15, 0.2) is 165 Å². The van der Waals surface area contributed by atoms with Crippen molar-refractivity contribution in [1.82, 2.24) is 19.9 Å². The third-order valence-corrected chi connectivity index (χ3v) is 17.5. The van der Waals surface area contributed by atoms with Crippen molar-refractivity contribution in [2.24, 2.45) is 0 Å². The number of aromatic amines is 2. The summed E-state index contributed by atoms with van der Waals surface area (Å²) in [5, 5.41) is 0. The van der Waals surface area contributed by atoms with Gasteiger partial charge in [-0.3, -0.25) is 0 Å². The van der Waals surface area contributed by atoms with E-state index in [1.807, 2.05) is 48.6 Å². The van der Waals surface area contributed by atoms with Crippen molar-refractivity contribution in [3.63, 3.8) is 0 Å². The SMILES string of the molecule is C1=Cc2cc3ccc(cc4nc(cc5ccc(cc1n2)[nH]5)C=C4)[nH]3.O=S(=O)(O)c1ccc[c]([Ni]([c]2cccc(S(=O)(=O)O)c2)([c]2cccc(S(=O)(=O)O)c2)[c]2cccc(S(=O)(=O)O)c2)c1. The predicted molar refractivity (Wildman–Crippen MR) is 242 cm³/mol. The van der Waals surface area contributed by atoms with Crippen molar-refractivity contribution >= 4 is 105 Å². The molecule has 65 heavy (non-hydrogen) atoms. The van der Waals surface area contributed by atoms with Gasteiger partial charge in [0.15, 0.2) is 0 Å². The molecule has 4 aromatic carbocycles. The van der Waals surface area contributed by atoms with Crippen LogP contribution in [0.2, 0.25) is 0 Å². The Labute approximate surface area is 374 Å². The van der Waals surface area contributed by atoms with Crippen molar-refractivity contribution in [3.05, 3.63) is 168 Å². The number of benzene rings is 4. The number of nitrogens with one attached hydrogen (secondary N) is 2. The Kier molecular flexibility index (Phi) is 12.0. The number of hydrogen-bond acceptors (Lipinski definition) is 10. The summed E-state index contributed by atoms with van der Waals surface area (Å²) in [4.78, 5) is 13.6. The van der Waals surface area contributed by atoms with Crippen molar-refractivity contribution in [3.8, 4) is 0 Å². The first-order chi connectivity index (χ1) is 30.6. The normalized spacial score (nSPS) is 13.2. The molecule has 2 aliphatic heterocycles. The van der Waals surface area contributed by atoms with E-state index in [9.17, 15) is 51.9 Å². The molecule has 336 valence electrons. The second kappa shape index (κ2) is 17.2. The molecule has 21 heteroatoms. The second-order valence-electron chi connectivity index (χ2n) is 14.0. The monoisotopic (exact) mass is 996 g/mol. The van der Waals surface area contributed by atoms with Gasteiger partial charge in [-0.25, -0.2) is 9.97 Å². The number of hydrogen-bond donors (Lipinski definition) is 6. The molecule has 0 atom stereocenters. The molecule has 0 saturated heterocycles. The topological polar surface area (TPSA) is 275 Å². The molecule has 9 rings (SSSR count). The molecule has 0 unspecified atom stereocenters. The van der Waals surface area contributed by atoms with Gasteiger partial charge in [-0.15, -0.1) is 0 Å². The second-order valence-corrected chi connectivity index (χ2v) is 23.4. The van der Waals surface area contributed by atoms with E-state index in [1.54, 1.807) is 0 Å². The molecule has 7 aromatic rings. The van der Waals surface area contributed by atoms with E-state index in [4.69, 9.17) is 0 Å². The van der Waals surface area contributed by atoms with Gasteiger partial charge in [0, 0.05) is 22.1 Å². The summed E-state index contributed by atoms with van der Waals surface area (Å²) >= 11 is -3.51. The maximum atomic E-state index is 12.1. The van der Waals surface area contributed by atoms with Gasteiger partial charge in [0.25, 0.3) is 0 Å². The van der Waals surface area contributed by atoms with Gasteiger partial charge in [0.1, 0.15) is 0 Å². The van der Waals surface area contributed by atoms with Crippen LogP contribution in [0.3, 0.4) is 0 Å². The number of fused-ring (bicyclic) bond motifs is 8. The van der Waals surface area contributed by atoms with Gasteiger partial charge in [-0.2, -0.15) is 0 Å². The molecule has 6 N–H and O–H groups in total. The number of nitrogens with zero attached hydrogens (tertiary/aromatic N) is 2. The Bertz CT molecular complexity index is 3270. The summed E-state index contributed by atoms with van der Waals surface area (Å²) in [5.74, 6) is 0. The molecular formula is C44H34N4NiO12S4. The fourth-order valence-electron chi connectivity index (χ4n) is 6.62. The standard InChI is InChI=1S/C20H14N4.4C6H5O3S.Ni/c1-2-14-10-16-5-6-18(23-16)12-20-8-7-19(24-20)11-17-4-3-15(22-17)9-13(1)21-14;4*7-10(8,9)6-4-2-1-3-5-6;/h1-12,21,24H;4*1-2,4-5H,(H,7,8,9);. The third kappa shape index (κ3) is 9.98.